The van der Waals surface area contributed by atoms with Crippen LogP contribution in [-0.2, 0) is 10.0 Å². The van der Waals surface area contributed by atoms with Crippen LogP contribution in [0.25, 0.3) is 11.3 Å². The van der Waals surface area contributed by atoms with Gasteiger partial charge in [-0.05, 0) is 30.9 Å². The first kappa shape index (κ1) is 19.3. The topological polar surface area (TPSA) is 62.3 Å². The molecule has 1 aliphatic rings. The molecule has 142 valence electrons. The fourth-order valence-corrected chi connectivity index (χ4v) is 5.25. The third-order valence-corrected chi connectivity index (χ3v) is 7.23. The van der Waals surface area contributed by atoms with E-state index in [1.165, 1.54) is 0 Å². The Kier molecular flexibility index (Phi) is 6.32. The predicted molar refractivity (Wildman–Crippen MR) is 108 cm³/mol. The van der Waals surface area contributed by atoms with Crippen LogP contribution in [0.15, 0.2) is 34.5 Å². The lowest BCUT2D eigenvalue weighted by Gasteiger charge is -2.19. The van der Waals surface area contributed by atoms with Gasteiger partial charge in [0.2, 0.25) is 10.0 Å². The summed E-state index contributed by atoms with van der Waals surface area (Å²) >= 11 is 1.57. The number of rotatable bonds is 6. The van der Waals surface area contributed by atoms with Crippen LogP contribution in [0.1, 0.15) is 39.5 Å². The maximum Gasteiger partial charge on any atom is 0.243 e. The molecule has 3 rings (SSSR count). The minimum Gasteiger partial charge on any atom is -0.361 e. The van der Waals surface area contributed by atoms with E-state index >= 15 is 0 Å². The molecule has 0 amide bonds. The highest BCUT2D eigenvalue weighted by atomic mass is 32.2. The number of thiazole rings is 1. The van der Waals surface area contributed by atoms with Crippen molar-refractivity contribution in [2.75, 3.05) is 25.0 Å². The van der Waals surface area contributed by atoms with E-state index in [1.807, 2.05) is 17.5 Å². The Labute approximate surface area is 160 Å². The molecule has 1 aromatic carbocycles. The molecule has 0 bridgehead atoms. The minimum absolute atomic E-state index is 0.372. The van der Waals surface area contributed by atoms with E-state index in [1.54, 1.807) is 27.8 Å². The summed E-state index contributed by atoms with van der Waals surface area (Å²) in [6.07, 6.45) is 4.12. The largest absolute Gasteiger partial charge is 0.361 e. The minimum atomic E-state index is -3.39. The second-order valence-corrected chi connectivity index (χ2v) is 9.95. The second-order valence-electron chi connectivity index (χ2n) is 7.16. The normalized spacial score (nSPS) is 16.6. The van der Waals surface area contributed by atoms with Crippen LogP contribution in [0, 0.1) is 5.92 Å². The number of nitrogens with one attached hydrogen (secondary N) is 1. The number of nitrogens with zero attached hydrogens (tertiary/aromatic N) is 2. The van der Waals surface area contributed by atoms with Crippen molar-refractivity contribution in [3.05, 3.63) is 29.6 Å². The molecule has 2 aromatic rings. The van der Waals surface area contributed by atoms with Crippen molar-refractivity contribution in [3.63, 3.8) is 0 Å². The van der Waals surface area contributed by atoms with Crippen LogP contribution in [0.3, 0.4) is 0 Å². The Morgan fingerprint density at radius 1 is 1.12 bits per heavy atom. The Balaban J connectivity index is 1.73. The summed E-state index contributed by atoms with van der Waals surface area (Å²) in [7, 11) is -3.39. The molecule has 26 heavy (non-hydrogen) atoms. The summed E-state index contributed by atoms with van der Waals surface area (Å²) in [5.41, 5.74) is 1.81. The molecule has 0 atom stereocenters. The van der Waals surface area contributed by atoms with E-state index in [-0.39, 0.29) is 0 Å². The van der Waals surface area contributed by atoms with Crippen molar-refractivity contribution in [3.8, 4) is 11.3 Å². The molecular weight excluding hydrogens is 366 g/mol. The van der Waals surface area contributed by atoms with Gasteiger partial charge in [0.1, 0.15) is 0 Å². The predicted octanol–water partition coefficient (Wildman–Crippen LogP) is 4.44. The molecule has 0 aliphatic carbocycles. The van der Waals surface area contributed by atoms with Gasteiger partial charge in [0.05, 0.1) is 10.6 Å². The summed E-state index contributed by atoms with van der Waals surface area (Å²) in [4.78, 5) is 4.97. The number of hydrogen-bond donors (Lipinski definition) is 1. The van der Waals surface area contributed by atoms with E-state index in [9.17, 15) is 8.42 Å². The molecule has 0 unspecified atom stereocenters. The highest BCUT2D eigenvalue weighted by molar-refractivity contribution is 7.89. The third-order valence-electron chi connectivity index (χ3n) is 4.52. The highest BCUT2D eigenvalue weighted by Crippen LogP contribution is 2.27. The van der Waals surface area contributed by atoms with E-state index in [2.05, 4.69) is 24.1 Å². The van der Waals surface area contributed by atoms with Gasteiger partial charge in [-0.25, -0.2) is 13.4 Å². The average Bonchev–Trinajstić information content (AvgIpc) is 2.92. The van der Waals surface area contributed by atoms with E-state index in [0.717, 1.165) is 48.6 Å². The lowest BCUT2D eigenvalue weighted by Crippen LogP contribution is -2.31. The quantitative estimate of drug-likeness (QED) is 0.788. The van der Waals surface area contributed by atoms with E-state index in [4.69, 9.17) is 0 Å². The third kappa shape index (κ3) is 4.64. The van der Waals surface area contributed by atoms with Gasteiger partial charge in [-0.1, -0.05) is 38.8 Å². The monoisotopic (exact) mass is 393 g/mol. The lowest BCUT2D eigenvalue weighted by atomic mass is 10.2. The van der Waals surface area contributed by atoms with Crippen LogP contribution in [0.2, 0.25) is 0 Å². The van der Waals surface area contributed by atoms with Crippen molar-refractivity contribution in [1.82, 2.24) is 9.29 Å². The van der Waals surface area contributed by atoms with Gasteiger partial charge < -0.3 is 5.32 Å². The van der Waals surface area contributed by atoms with Gasteiger partial charge in [0.25, 0.3) is 0 Å². The second kappa shape index (κ2) is 8.50. The summed E-state index contributed by atoms with van der Waals surface area (Å²) in [5.74, 6) is 0.561. The van der Waals surface area contributed by atoms with Crippen molar-refractivity contribution in [2.45, 2.75) is 44.4 Å². The van der Waals surface area contributed by atoms with Gasteiger partial charge in [-0.15, -0.1) is 11.3 Å². The van der Waals surface area contributed by atoms with Crippen LogP contribution >= 0.6 is 11.3 Å². The SMILES string of the molecule is CC(C)CNc1nc(-c2ccc(S(=O)(=O)N3CCCCCC3)cc2)cs1. The molecule has 0 saturated carbocycles. The standard InChI is InChI=1S/C19H27N3O2S2/c1-15(2)13-20-19-21-18(14-25-19)16-7-9-17(10-8-16)26(23,24)22-11-5-3-4-6-12-22/h7-10,14-15H,3-6,11-13H2,1-2H3,(H,20,21). The highest BCUT2D eigenvalue weighted by Gasteiger charge is 2.25. The van der Waals surface area contributed by atoms with Crippen LogP contribution in [0.4, 0.5) is 5.13 Å². The molecule has 1 fully saturated rings. The van der Waals surface area contributed by atoms with Crippen molar-refractivity contribution in [2.24, 2.45) is 5.92 Å². The summed E-state index contributed by atoms with van der Waals surface area (Å²) < 4.78 is 27.3. The molecule has 1 aromatic heterocycles. The van der Waals surface area contributed by atoms with Crippen LogP contribution < -0.4 is 5.32 Å². The molecule has 5 nitrogen and oxygen atoms in total. The van der Waals surface area contributed by atoms with Gasteiger partial charge >= 0.3 is 0 Å². The van der Waals surface area contributed by atoms with Gasteiger partial charge in [-0.3, -0.25) is 0 Å². The number of sulfonamides is 1. The van der Waals surface area contributed by atoms with Gasteiger partial charge in [-0.2, -0.15) is 4.31 Å². The molecule has 0 radical (unpaired) electrons. The zero-order chi connectivity index (χ0) is 18.6. The molecular formula is C19H27N3O2S2. The average molecular weight is 394 g/mol. The first-order valence-corrected chi connectivity index (χ1v) is 11.6. The molecule has 2 heterocycles. The number of hydrogen-bond acceptors (Lipinski definition) is 5. The summed E-state index contributed by atoms with van der Waals surface area (Å²) in [6.45, 7) is 6.46. The zero-order valence-corrected chi connectivity index (χ0v) is 17.1. The molecule has 1 saturated heterocycles. The first-order chi connectivity index (χ1) is 12.5. The van der Waals surface area contributed by atoms with Crippen molar-refractivity contribution >= 4 is 26.5 Å². The summed E-state index contributed by atoms with van der Waals surface area (Å²) in [6, 6.07) is 7.12. The summed E-state index contributed by atoms with van der Waals surface area (Å²) in [5, 5.41) is 6.22. The molecule has 0 spiro atoms. The van der Waals surface area contributed by atoms with Gasteiger partial charge in [0.15, 0.2) is 5.13 Å². The maximum atomic E-state index is 12.8. The Bertz CT molecular complexity index is 806. The molecule has 7 heteroatoms. The Hall–Kier alpha value is -1.44. The molecule has 1 N–H and O–H groups in total. The van der Waals surface area contributed by atoms with Crippen molar-refractivity contribution in [1.29, 1.82) is 0 Å². The first-order valence-electron chi connectivity index (χ1n) is 9.27. The zero-order valence-electron chi connectivity index (χ0n) is 15.4. The van der Waals surface area contributed by atoms with E-state index in [0.29, 0.717) is 23.9 Å². The van der Waals surface area contributed by atoms with Crippen LogP contribution in [-0.4, -0.2) is 37.3 Å². The number of anilines is 1. The number of aromatic nitrogens is 1. The van der Waals surface area contributed by atoms with Gasteiger partial charge in [0, 0.05) is 30.6 Å². The fourth-order valence-electron chi connectivity index (χ4n) is 3.01. The van der Waals surface area contributed by atoms with Crippen molar-refractivity contribution < 1.29 is 8.42 Å². The molecule has 1 aliphatic heterocycles. The fraction of sp³-hybridized carbons (Fsp3) is 0.526. The Morgan fingerprint density at radius 3 is 2.38 bits per heavy atom. The van der Waals surface area contributed by atoms with Crippen LogP contribution in [0.5, 0.6) is 0 Å². The number of benzene rings is 1. The van der Waals surface area contributed by atoms with E-state index < -0.39 is 10.0 Å². The Morgan fingerprint density at radius 2 is 1.77 bits per heavy atom. The lowest BCUT2D eigenvalue weighted by molar-refractivity contribution is 0.424. The maximum absolute atomic E-state index is 12.8. The smallest absolute Gasteiger partial charge is 0.243 e.